The summed E-state index contributed by atoms with van der Waals surface area (Å²) in [4.78, 5) is 0. The molecule has 4 nitrogen and oxygen atoms in total. The van der Waals surface area contributed by atoms with Gasteiger partial charge >= 0.3 is 0 Å². The molecule has 0 aromatic heterocycles. The molecular formula is H2O4S2Si-2. The van der Waals surface area contributed by atoms with Gasteiger partial charge in [-0.15, -0.1) is 0 Å². The van der Waals surface area contributed by atoms with Crippen molar-refractivity contribution in [2.75, 3.05) is 0 Å². The summed E-state index contributed by atoms with van der Waals surface area (Å²) >= 11 is 0. The molecule has 44 valence electrons. The maximum absolute atomic E-state index is 9.48. The molecule has 0 saturated heterocycles. The number of rotatable bonds is 2. The highest BCUT2D eigenvalue weighted by Gasteiger charge is 1.80. The summed E-state index contributed by atoms with van der Waals surface area (Å²) in [6, 6.07) is 0. The van der Waals surface area contributed by atoms with E-state index in [0.717, 1.165) is 0 Å². The van der Waals surface area contributed by atoms with Crippen LogP contribution in [0.1, 0.15) is 0 Å². The average Bonchev–Trinajstić information content (AvgIpc) is 1.27. The molecule has 0 aromatic carbocycles. The van der Waals surface area contributed by atoms with Crippen LogP contribution in [-0.2, 0) is 21.1 Å². The van der Waals surface area contributed by atoms with Crippen LogP contribution in [-0.4, -0.2) is 25.3 Å². The molecule has 0 aliphatic rings. The Balaban J connectivity index is 3.32. The molecule has 0 amide bonds. The summed E-state index contributed by atoms with van der Waals surface area (Å²) in [5, 5.41) is 0. The van der Waals surface area contributed by atoms with Gasteiger partial charge in [0.05, 0.1) is 0 Å². The minimum atomic E-state index is -2.32. The molecule has 0 N–H and O–H groups in total. The van der Waals surface area contributed by atoms with Crippen LogP contribution in [0.25, 0.3) is 0 Å². The van der Waals surface area contributed by atoms with E-state index in [9.17, 15) is 17.5 Å². The predicted molar refractivity (Wildman–Crippen MR) is 26.4 cm³/mol. The summed E-state index contributed by atoms with van der Waals surface area (Å²) in [5.41, 5.74) is 0. The molecule has 2 unspecified atom stereocenters. The zero-order valence-electron chi connectivity index (χ0n) is 3.16. The summed E-state index contributed by atoms with van der Waals surface area (Å²) in [7, 11) is -6.52. The van der Waals surface area contributed by atoms with Gasteiger partial charge in [0.15, 0.2) is 7.82 Å². The largest absolute Gasteiger partial charge is 0.777 e. The van der Waals surface area contributed by atoms with Crippen molar-refractivity contribution in [3.8, 4) is 0 Å². The third kappa shape index (κ3) is 6.44. The summed E-state index contributed by atoms with van der Waals surface area (Å²) < 4.78 is 37.9. The van der Waals surface area contributed by atoms with Gasteiger partial charge in [-0.2, -0.15) is 0 Å². The van der Waals surface area contributed by atoms with Crippen molar-refractivity contribution in [3.05, 3.63) is 0 Å². The van der Waals surface area contributed by atoms with Crippen LogP contribution in [0.5, 0.6) is 0 Å². The van der Waals surface area contributed by atoms with Crippen LogP contribution in [0.2, 0.25) is 0 Å². The standard InChI is InChI=1S/H4O4S2Si/c1-5(2)7-6(3)4/h7H2,(H,1,2)(H,3,4)/p-2. The van der Waals surface area contributed by atoms with Crippen molar-refractivity contribution < 1.29 is 17.5 Å². The van der Waals surface area contributed by atoms with Gasteiger partial charge in [-0.05, 0) is 0 Å². The zero-order chi connectivity index (χ0) is 5.86. The van der Waals surface area contributed by atoms with Gasteiger partial charge in [0.25, 0.3) is 0 Å². The molecule has 0 rings (SSSR count). The van der Waals surface area contributed by atoms with Gasteiger partial charge < -0.3 is 9.11 Å². The molecule has 0 radical (unpaired) electrons. The first kappa shape index (κ1) is 7.44. The third-order valence-corrected chi connectivity index (χ3v) is 5.20. The summed E-state index contributed by atoms with van der Waals surface area (Å²) in [5.74, 6) is 0. The molecule has 0 heterocycles. The van der Waals surface area contributed by atoms with Crippen molar-refractivity contribution in [1.29, 1.82) is 0 Å². The minimum Gasteiger partial charge on any atom is -0.777 e. The summed E-state index contributed by atoms with van der Waals surface area (Å²) in [6.45, 7) is 0. The lowest BCUT2D eigenvalue weighted by atomic mass is 15.9. The highest BCUT2D eigenvalue weighted by Crippen LogP contribution is 1.70. The van der Waals surface area contributed by atoms with E-state index in [2.05, 4.69) is 0 Å². The molecule has 0 fully saturated rings. The van der Waals surface area contributed by atoms with Crippen molar-refractivity contribution >= 4 is 28.9 Å². The first-order valence-electron chi connectivity index (χ1n) is 1.24. The van der Waals surface area contributed by atoms with Gasteiger partial charge in [-0.25, -0.2) is 0 Å². The Morgan fingerprint density at radius 1 is 1.14 bits per heavy atom. The molecule has 0 spiro atoms. The molecule has 0 aromatic rings. The molecule has 2 atom stereocenters. The predicted octanol–water partition coefficient (Wildman–Crippen LogP) is -2.26. The average molecular weight is 158 g/mol. The van der Waals surface area contributed by atoms with Crippen LogP contribution < -0.4 is 0 Å². The number of hydrogen-bond donors (Lipinski definition) is 0. The second kappa shape index (κ2) is 3.44. The normalized spacial score (nSPS) is 20.3. The highest BCUT2D eigenvalue weighted by molar-refractivity contribution is 8.34. The van der Waals surface area contributed by atoms with E-state index < -0.39 is 28.9 Å². The Morgan fingerprint density at radius 2 is 1.43 bits per heavy atom. The quantitative estimate of drug-likeness (QED) is 0.335. The van der Waals surface area contributed by atoms with Crippen LogP contribution in [0.15, 0.2) is 0 Å². The van der Waals surface area contributed by atoms with Crippen molar-refractivity contribution in [1.82, 2.24) is 0 Å². The molecule has 0 aliphatic carbocycles. The fourth-order valence-corrected chi connectivity index (χ4v) is 2.12. The van der Waals surface area contributed by atoms with E-state index >= 15 is 0 Å². The Hall–Kier alpha value is 0.437. The Bertz CT molecular complexity index is 85.9. The third-order valence-electron chi connectivity index (χ3n) is 0.192. The van der Waals surface area contributed by atoms with E-state index in [1.807, 2.05) is 0 Å². The van der Waals surface area contributed by atoms with Crippen molar-refractivity contribution in [2.24, 2.45) is 0 Å². The first-order valence-corrected chi connectivity index (χ1v) is 7.20. The maximum Gasteiger partial charge on any atom is 0.191 e. The molecule has 0 aliphatic heterocycles. The van der Waals surface area contributed by atoms with Gasteiger partial charge in [0, 0.05) is 0 Å². The van der Waals surface area contributed by atoms with Gasteiger partial charge in [0.2, 0.25) is 0 Å². The first-order chi connectivity index (χ1) is 3.13. The maximum atomic E-state index is 9.48. The van der Waals surface area contributed by atoms with Crippen molar-refractivity contribution in [2.45, 2.75) is 0 Å². The smallest absolute Gasteiger partial charge is 0.191 e. The second-order valence-electron chi connectivity index (χ2n) is 0.725. The van der Waals surface area contributed by atoms with Gasteiger partial charge in [0.1, 0.15) is 0 Å². The van der Waals surface area contributed by atoms with Crippen LogP contribution in [0.4, 0.5) is 0 Å². The summed E-state index contributed by atoms with van der Waals surface area (Å²) in [6.07, 6.45) is 0. The fourth-order valence-electron chi connectivity index (χ4n) is 0.0786. The van der Waals surface area contributed by atoms with Gasteiger partial charge in [-0.1, -0.05) is 21.1 Å². The molecular weight excluding hydrogens is 156 g/mol. The Kier molecular flexibility index (Phi) is 3.65. The lowest BCUT2D eigenvalue weighted by Crippen LogP contribution is -2.06. The SMILES string of the molecule is O=S([O-])[SiH2]S(=O)[O-]. The lowest BCUT2D eigenvalue weighted by molar-refractivity contribution is 0.547. The Morgan fingerprint density at radius 3 is 1.43 bits per heavy atom. The topological polar surface area (TPSA) is 80.3 Å². The van der Waals surface area contributed by atoms with E-state index in [1.54, 1.807) is 0 Å². The molecule has 0 saturated carbocycles. The second-order valence-corrected chi connectivity index (χ2v) is 7.83. The zero-order valence-corrected chi connectivity index (χ0v) is 6.20. The molecule has 0 bridgehead atoms. The van der Waals surface area contributed by atoms with E-state index in [0.29, 0.717) is 0 Å². The fraction of sp³-hybridized carbons (Fsp3) is 0. The van der Waals surface area contributed by atoms with E-state index in [-0.39, 0.29) is 0 Å². The van der Waals surface area contributed by atoms with E-state index in [4.69, 9.17) is 0 Å². The van der Waals surface area contributed by atoms with Crippen LogP contribution in [0, 0.1) is 0 Å². The van der Waals surface area contributed by atoms with E-state index in [1.165, 1.54) is 0 Å². The van der Waals surface area contributed by atoms with Crippen molar-refractivity contribution in [3.63, 3.8) is 0 Å². The monoisotopic (exact) mass is 158 g/mol. The highest BCUT2D eigenvalue weighted by atomic mass is 32.6. The van der Waals surface area contributed by atoms with Gasteiger partial charge in [-0.3, -0.25) is 8.42 Å². The number of hydrogen-bond acceptors (Lipinski definition) is 4. The lowest BCUT2D eigenvalue weighted by Gasteiger charge is -2.04. The van der Waals surface area contributed by atoms with Crippen LogP contribution >= 0.6 is 0 Å². The molecule has 7 heteroatoms. The van der Waals surface area contributed by atoms with Crippen LogP contribution in [0.3, 0.4) is 0 Å². The minimum absolute atomic E-state index is 1.89. The Labute approximate surface area is 47.0 Å². The molecule has 7 heavy (non-hydrogen) atoms.